The zero-order valence-corrected chi connectivity index (χ0v) is 24.0. The van der Waals surface area contributed by atoms with Crippen LogP contribution in [0.2, 0.25) is 5.02 Å². The zero-order chi connectivity index (χ0) is 25.4. The summed E-state index contributed by atoms with van der Waals surface area (Å²) in [5.74, 6) is 0.725. The number of benzene rings is 1. The van der Waals surface area contributed by atoms with Crippen LogP contribution in [0.5, 0.6) is 0 Å². The van der Waals surface area contributed by atoms with Gasteiger partial charge in [0.1, 0.15) is 0 Å². The normalized spacial score (nSPS) is 24.4. The van der Waals surface area contributed by atoms with Crippen molar-refractivity contribution in [3.63, 3.8) is 0 Å². The molecule has 0 spiro atoms. The van der Waals surface area contributed by atoms with Gasteiger partial charge in [-0.15, -0.1) is 0 Å². The van der Waals surface area contributed by atoms with E-state index in [4.69, 9.17) is 22.3 Å². The second-order valence-electron chi connectivity index (χ2n) is 10.4. The van der Waals surface area contributed by atoms with Gasteiger partial charge in [-0.3, -0.25) is 9.78 Å². The summed E-state index contributed by atoms with van der Waals surface area (Å²) in [7, 11) is 0. The lowest BCUT2D eigenvalue weighted by Crippen LogP contribution is -2.47. The molecule has 3 unspecified atom stereocenters. The number of halogens is 3. The third-order valence-corrected chi connectivity index (χ3v) is 9.42. The van der Waals surface area contributed by atoms with E-state index in [1.165, 1.54) is 16.7 Å². The van der Waals surface area contributed by atoms with E-state index in [0.29, 0.717) is 12.3 Å². The molecule has 2 fully saturated rings. The third kappa shape index (κ3) is 5.46. The molecule has 9 heteroatoms. The van der Waals surface area contributed by atoms with Gasteiger partial charge < -0.3 is 16.0 Å². The summed E-state index contributed by atoms with van der Waals surface area (Å²) < 4.78 is 2.04. The lowest BCUT2D eigenvalue weighted by atomic mass is 9.76. The molecule has 192 valence electrons. The van der Waals surface area contributed by atoms with Crippen molar-refractivity contribution in [3.05, 3.63) is 60.7 Å². The molecule has 0 radical (unpaired) electrons. The van der Waals surface area contributed by atoms with Gasteiger partial charge in [-0.2, -0.15) is 0 Å². The number of nitrogens with one attached hydrogen (secondary N) is 1. The Labute approximate surface area is 234 Å². The first kappa shape index (κ1) is 26.0. The van der Waals surface area contributed by atoms with Gasteiger partial charge >= 0.3 is 6.03 Å². The van der Waals surface area contributed by atoms with Crippen LogP contribution in [0.3, 0.4) is 0 Å². The van der Waals surface area contributed by atoms with Crippen LogP contribution in [-0.2, 0) is 17.6 Å². The van der Waals surface area contributed by atoms with E-state index in [-0.39, 0.29) is 23.8 Å². The zero-order valence-electron chi connectivity index (χ0n) is 20.1. The van der Waals surface area contributed by atoms with Crippen molar-refractivity contribution in [3.8, 4) is 0 Å². The quantitative estimate of drug-likeness (QED) is 0.435. The van der Waals surface area contributed by atoms with Gasteiger partial charge in [0.25, 0.3) is 0 Å². The maximum Gasteiger partial charge on any atom is 0.312 e. The molecule has 3 N–H and O–H groups in total. The number of nitrogens with two attached hydrogens (primary N) is 1. The summed E-state index contributed by atoms with van der Waals surface area (Å²) in [4.78, 5) is 31.7. The van der Waals surface area contributed by atoms with E-state index in [9.17, 15) is 9.59 Å². The van der Waals surface area contributed by atoms with E-state index in [1.807, 2.05) is 17.2 Å². The molecule has 2 aliphatic carbocycles. The van der Waals surface area contributed by atoms with Gasteiger partial charge in [0.15, 0.2) is 0 Å². The van der Waals surface area contributed by atoms with E-state index in [0.717, 1.165) is 77.7 Å². The van der Waals surface area contributed by atoms with Gasteiger partial charge in [-0.1, -0.05) is 34.0 Å². The van der Waals surface area contributed by atoms with Crippen molar-refractivity contribution >= 4 is 55.4 Å². The van der Waals surface area contributed by atoms with Crippen molar-refractivity contribution in [2.24, 2.45) is 17.6 Å². The fraction of sp³-hybridized carbons (Fsp3) is 0.519. The first-order valence-corrected chi connectivity index (χ1v) is 14.7. The van der Waals surface area contributed by atoms with Crippen LogP contribution in [0.1, 0.15) is 66.8 Å². The van der Waals surface area contributed by atoms with Crippen molar-refractivity contribution in [1.29, 1.82) is 0 Å². The molecule has 5 rings (SSSR count). The van der Waals surface area contributed by atoms with Crippen LogP contribution in [0.15, 0.2) is 33.3 Å². The van der Waals surface area contributed by atoms with Gasteiger partial charge in [0.2, 0.25) is 5.91 Å². The van der Waals surface area contributed by atoms with Crippen LogP contribution in [0.25, 0.3) is 0 Å². The molecule has 1 aliphatic heterocycles. The molecule has 2 heterocycles. The highest BCUT2D eigenvalue weighted by Crippen LogP contribution is 2.46. The summed E-state index contributed by atoms with van der Waals surface area (Å²) in [6, 6.07) is 5.79. The molecular weight excluding hydrogens is 608 g/mol. The number of primary amides is 1. The van der Waals surface area contributed by atoms with Crippen LogP contribution in [-0.4, -0.2) is 41.0 Å². The van der Waals surface area contributed by atoms with Crippen molar-refractivity contribution in [2.75, 3.05) is 13.1 Å². The number of carbonyl (C=O) groups excluding carboxylic acids is 2. The second-order valence-corrected chi connectivity index (χ2v) is 12.6. The van der Waals surface area contributed by atoms with E-state index in [2.05, 4.69) is 49.3 Å². The first-order chi connectivity index (χ1) is 17.3. The van der Waals surface area contributed by atoms with Crippen LogP contribution in [0.4, 0.5) is 4.79 Å². The van der Waals surface area contributed by atoms with Gasteiger partial charge in [0, 0.05) is 51.1 Å². The number of hydrogen-bond acceptors (Lipinski definition) is 3. The lowest BCUT2D eigenvalue weighted by molar-refractivity contribution is -0.138. The van der Waals surface area contributed by atoms with E-state index < -0.39 is 6.03 Å². The fourth-order valence-electron chi connectivity index (χ4n) is 6.49. The summed E-state index contributed by atoms with van der Waals surface area (Å²) in [5.41, 5.74) is 10.3. The summed E-state index contributed by atoms with van der Waals surface area (Å²) in [6.45, 7) is 1.49. The molecule has 1 saturated heterocycles. The Kier molecular flexibility index (Phi) is 7.94. The molecule has 1 aromatic heterocycles. The molecule has 2 aromatic rings. The number of urea groups is 1. The average molecular weight is 639 g/mol. The average Bonchev–Trinajstić information content (AvgIpc) is 3.00. The number of hydrogen-bond donors (Lipinski definition) is 2. The maximum absolute atomic E-state index is 13.4. The number of pyridine rings is 1. The van der Waals surface area contributed by atoms with Gasteiger partial charge in [0.05, 0.1) is 5.69 Å². The Balaban J connectivity index is 1.36. The Bertz CT molecular complexity index is 1170. The topological polar surface area (TPSA) is 88.3 Å². The van der Waals surface area contributed by atoms with Crippen LogP contribution in [0, 0.1) is 11.8 Å². The predicted octanol–water partition coefficient (Wildman–Crippen LogP) is 5.96. The Morgan fingerprint density at radius 1 is 1.06 bits per heavy atom. The highest BCUT2D eigenvalue weighted by Gasteiger charge is 2.38. The molecule has 1 saturated carbocycles. The highest BCUT2D eigenvalue weighted by atomic mass is 79.9. The molecule has 36 heavy (non-hydrogen) atoms. The van der Waals surface area contributed by atoms with Gasteiger partial charge in [-0.05, 0) is 102 Å². The van der Waals surface area contributed by atoms with Crippen LogP contribution < -0.4 is 11.1 Å². The molecule has 3 aliphatic rings. The molecule has 6 nitrogen and oxygen atoms in total. The standard InChI is InChI=1S/C27H31Br2ClN4O2/c28-19-10-17-5-4-16-11-20(30)13-22(29)23(16)24(25(17)32-14-19)15-6-8-34(9-7-15)26(35)18-2-1-3-21(12-18)33-27(31)36/h10-11,13-15,18,21,24H,1-9,12H2,(H3,31,33,36). The predicted molar refractivity (Wildman–Crippen MR) is 148 cm³/mol. The van der Waals surface area contributed by atoms with Crippen LogP contribution >= 0.6 is 43.5 Å². The largest absolute Gasteiger partial charge is 0.352 e. The second kappa shape index (κ2) is 11.0. The monoisotopic (exact) mass is 636 g/mol. The van der Waals surface area contributed by atoms with Crippen molar-refractivity contribution < 1.29 is 9.59 Å². The third-order valence-electron chi connectivity index (χ3n) is 8.11. The number of carbonyl (C=O) groups is 2. The van der Waals surface area contributed by atoms with Crippen molar-refractivity contribution in [1.82, 2.24) is 15.2 Å². The number of nitrogens with zero attached hydrogens (tertiary/aromatic N) is 2. The minimum Gasteiger partial charge on any atom is -0.352 e. The lowest BCUT2D eigenvalue weighted by Gasteiger charge is -2.39. The van der Waals surface area contributed by atoms with Gasteiger partial charge in [-0.25, -0.2) is 4.79 Å². The molecule has 3 atom stereocenters. The van der Waals surface area contributed by atoms with E-state index >= 15 is 0 Å². The SMILES string of the molecule is NC(=O)NC1CCCC(C(=O)N2CCC(C3c4ncc(Br)cc4CCc4cc(Cl)cc(Br)c43)CC2)C1. The minimum absolute atomic E-state index is 0.00342. The Hall–Kier alpha value is -1.64. The van der Waals surface area contributed by atoms with Crippen molar-refractivity contribution in [2.45, 2.75) is 63.3 Å². The Morgan fingerprint density at radius 3 is 2.56 bits per heavy atom. The summed E-state index contributed by atoms with van der Waals surface area (Å²) in [6.07, 6.45) is 8.99. The highest BCUT2D eigenvalue weighted by molar-refractivity contribution is 9.10. The fourth-order valence-corrected chi connectivity index (χ4v) is 7.99. The first-order valence-electron chi connectivity index (χ1n) is 12.8. The van der Waals surface area contributed by atoms with E-state index in [1.54, 1.807) is 0 Å². The number of rotatable bonds is 3. The maximum atomic E-state index is 13.4. The molecule has 0 bridgehead atoms. The Morgan fingerprint density at radius 2 is 1.81 bits per heavy atom. The summed E-state index contributed by atoms with van der Waals surface area (Å²) in [5, 5.41) is 3.55. The number of aryl methyl sites for hydroxylation is 2. The summed E-state index contributed by atoms with van der Waals surface area (Å²) >= 11 is 13.9. The molecular formula is C27H31Br2ClN4O2. The number of likely N-dealkylation sites (tertiary alicyclic amines) is 1. The molecule has 1 aromatic carbocycles. The number of aromatic nitrogens is 1. The molecule has 3 amide bonds. The number of amides is 3. The smallest absolute Gasteiger partial charge is 0.312 e. The number of fused-ring (bicyclic) bond motifs is 2. The number of piperidine rings is 1. The minimum atomic E-state index is -0.508.